The van der Waals surface area contributed by atoms with Crippen molar-refractivity contribution < 1.29 is 14.0 Å². The number of amides is 2. The van der Waals surface area contributed by atoms with Gasteiger partial charge in [-0.2, -0.15) is 5.10 Å². The number of unbranched alkanes of at least 4 members (excludes halogenated alkanes) is 1. The van der Waals surface area contributed by atoms with E-state index in [0.29, 0.717) is 18.0 Å². The second-order valence-corrected chi connectivity index (χ2v) is 6.85. The van der Waals surface area contributed by atoms with Crippen LogP contribution in [0.2, 0.25) is 0 Å². The third-order valence-corrected chi connectivity index (χ3v) is 4.79. The Morgan fingerprint density at radius 1 is 1.26 bits per heavy atom. The highest BCUT2D eigenvalue weighted by atomic mass is 16.3. The number of aromatic amines is 1. The van der Waals surface area contributed by atoms with Crippen LogP contribution < -0.4 is 5.32 Å². The van der Waals surface area contributed by atoms with Gasteiger partial charge in [-0.25, -0.2) is 0 Å². The number of hydrogen-bond donors (Lipinski definition) is 2. The molecule has 0 bridgehead atoms. The summed E-state index contributed by atoms with van der Waals surface area (Å²) in [4.78, 5) is 27.8. The maximum absolute atomic E-state index is 12.1. The van der Waals surface area contributed by atoms with Gasteiger partial charge in [0.15, 0.2) is 11.6 Å². The second kappa shape index (κ2) is 9.36. The standard InChI is InChI=1S/C19H27N5O3/c1-15(25)24-10-5-9-23(11-12-24)8-3-2-7-19(26)20-18-14-16(21-22-18)17-6-4-13-27-17/h4,6,13-14H,2-3,5,7-12H2,1H3,(H2,20,21,22,26). The van der Waals surface area contributed by atoms with Gasteiger partial charge in [-0.15, -0.1) is 0 Å². The summed E-state index contributed by atoms with van der Waals surface area (Å²) < 4.78 is 5.29. The van der Waals surface area contributed by atoms with Crippen LogP contribution in [0, 0.1) is 0 Å². The van der Waals surface area contributed by atoms with Crippen LogP contribution in [0.15, 0.2) is 28.9 Å². The summed E-state index contributed by atoms with van der Waals surface area (Å²) in [5.41, 5.74) is 0.732. The van der Waals surface area contributed by atoms with Crippen LogP contribution >= 0.6 is 0 Å². The van der Waals surface area contributed by atoms with Crippen LogP contribution in [0.3, 0.4) is 0 Å². The lowest BCUT2D eigenvalue weighted by molar-refractivity contribution is -0.128. The molecule has 27 heavy (non-hydrogen) atoms. The van der Waals surface area contributed by atoms with E-state index in [2.05, 4.69) is 20.4 Å². The van der Waals surface area contributed by atoms with E-state index in [4.69, 9.17) is 4.42 Å². The van der Waals surface area contributed by atoms with Gasteiger partial charge in [0.05, 0.1) is 6.26 Å². The fourth-order valence-corrected chi connectivity index (χ4v) is 3.28. The Morgan fingerprint density at radius 2 is 2.15 bits per heavy atom. The molecule has 1 aliphatic rings. The van der Waals surface area contributed by atoms with Crippen molar-refractivity contribution in [3.8, 4) is 11.5 Å². The Hall–Kier alpha value is -2.61. The molecule has 8 heteroatoms. The highest BCUT2D eigenvalue weighted by Crippen LogP contribution is 2.20. The number of nitrogens with one attached hydrogen (secondary N) is 2. The summed E-state index contributed by atoms with van der Waals surface area (Å²) in [6, 6.07) is 5.39. The minimum absolute atomic E-state index is 0.0360. The number of H-pyrrole nitrogens is 1. The summed E-state index contributed by atoms with van der Waals surface area (Å²) in [7, 11) is 0. The Labute approximate surface area is 158 Å². The fraction of sp³-hybridized carbons (Fsp3) is 0.526. The maximum Gasteiger partial charge on any atom is 0.225 e. The van der Waals surface area contributed by atoms with E-state index in [0.717, 1.165) is 57.7 Å². The van der Waals surface area contributed by atoms with Crippen molar-refractivity contribution >= 4 is 17.6 Å². The molecule has 0 aromatic carbocycles. The monoisotopic (exact) mass is 373 g/mol. The van der Waals surface area contributed by atoms with Crippen molar-refractivity contribution in [3.05, 3.63) is 24.5 Å². The predicted octanol–water partition coefficient (Wildman–Crippen LogP) is 2.33. The Balaban J connectivity index is 1.33. The molecule has 0 aliphatic carbocycles. The lowest BCUT2D eigenvalue weighted by Gasteiger charge is -2.20. The molecule has 146 valence electrons. The molecule has 0 saturated carbocycles. The van der Waals surface area contributed by atoms with Gasteiger partial charge in [-0.1, -0.05) is 0 Å². The van der Waals surface area contributed by atoms with E-state index in [9.17, 15) is 9.59 Å². The number of rotatable bonds is 7. The average molecular weight is 373 g/mol. The zero-order valence-corrected chi connectivity index (χ0v) is 15.7. The Kier molecular flexibility index (Phi) is 6.64. The second-order valence-electron chi connectivity index (χ2n) is 6.85. The minimum atomic E-state index is -0.0360. The van der Waals surface area contributed by atoms with Crippen molar-refractivity contribution in [1.29, 1.82) is 0 Å². The van der Waals surface area contributed by atoms with Crippen molar-refractivity contribution in [2.24, 2.45) is 0 Å². The largest absolute Gasteiger partial charge is 0.463 e. The molecule has 2 N–H and O–H groups in total. The molecular formula is C19H27N5O3. The number of aromatic nitrogens is 2. The highest BCUT2D eigenvalue weighted by Gasteiger charge is 2.16. The average Bonchev–Trinajstić information content (AvgIpc) is 3.26. The summed E-state index contributed by atoms with van der Waals surface area (Å²) in [5, 5.41) is 9.75. The van der Waals surface area contributed by atoms with Crippen LogP contribution in [0.5, 0.6) is 0 Å². The van der Waals surface area contributed by atoms with Gasteiger partial charge >= 0.3 is 0 Å². The van der Waals surface area contributed by atoms with Gasteiger partial charge in [-0.3, -0.25) is 14.7 Å². The van der Waals surface area contributed by atoms with Crippen LogP contribution in [0.4, 0.5) is 5.82 Å². The van der Waals surface area contributed by atoms with Gasteiger partial charge in [0.2, 0.25) is 11.8 Å². The molecule has 2 aromatic rings. The van der Waals surface area contributed by atoms with Crippen LogP contribution in [0.1, 0.15) is 32.6 Å². The smallest absolute Gasteiger partial charge is 0.225 e. The minimum Gasteiger partial charge on any atom is -0.463 e. The third kappa shape index (κ3) is 5.68. The molecule has 1 saturated heterocycles. The van der Waals surface area contributed by atoms with Crippen LogP contribution in [0.25, 0.3) is 11.5 Å². The van der Waals surface area contributed by atoms with Gasteiger partial charge in [-0.05, 0) is 44.5 Å². The molecule has 1 aliphatic heterocycles. The van der Waals surface area contributed by atoms with Crippen LogP contribution in [-0.4, -0.2) is 64.5 Å². The first kappa shape index (κ1) is 19.2. The first-order valence-corrected chi connectivity index (χ1v) is 9.49. The van der Waals surface area contributed by atoms with Crippen molar-refractivity contribution in [1.82, 2.24) is 20.0 Å². The number of furan rings is 1. The molecule has 3 rings (SSSR count). The van der Waals surface area contributed by atoms with Crippen molar-refractivity contribution in [2.75, 3.05) is 38.0 Å². The number of hydrogen-bond acceptors (Lipinski definition) is 5. The SMILES string of the molecule is CC(=O)N1CCCN(CCCCC(=O)Nc2cc(-c3ccco3)[nH]n2)CC1. The molecule has 2 aromatic heterocycles. The van der Waals surface area contributed by atoms with Gasteiger partial charge < -0.3 is 19.5 Å². The molecule has 0 unspecified atom stereocenters. The van der Waals surface area contributed by atoms with Crippen LogP contribution in [-0.2, 0) is 9.59 Å². The lowest BCUT2D eigenvalue weighted by Crippen LogP contribution is -2.34. The maximum atomic E-state index is 12.1. The summed E-state index contributed by atoms with van der Waals surface area (Å²) in [5.74, 6) is 1.31. The summed E-state index contributed by atoms with van der Waals surface area (Å²) in [6.45, 7) is 6.16. The first-order chi connectivity index (χ1) is 13.1. The van der Waals surface area contributed by atoms with Crippen molar-refractivity contribution in [3.63, 3.8) is 0 Å². The first-order valence-electron chi connectivity index (χ1n) is 9.49. The number of nitrogens with zero attached hydrogens (tertiary/aromatic N) is 3. The van der Waals surface area contributed by atoms with E-state index in [-0.39, 0.29) is 11.8 Å². The molecule has 0 radical (unpaired) electrons. The highest BCUT2D eigenvalue weighted by molar-refractivity contribution is 5.90. The van der Waals surface area contributed by atoms with Gasteiger partial charge in [0.25, 0.3) is 0 Å². The predicted molar refractivity (Wildman–Crippen MR) is 102 cm³/mol. The zero-order valence-electron chi connectivity index (χ0n) is 15.7. The normalized spacial score (nSPS) is 15.5. The Bertz CT molecular complexity index is 740. The van der Waals surface area contributed by atoms with E-state index in [1.165, 1.54) is 0 Å². The van der Waals surface area contributed by atoms with E-state index in [1.54, 1.807) is 25.3 Å². The number of anilines is 1. The number of carbonyl (C=O) groups is 2. The van der Waals surface area contributed by atoms with Crippen molar-refractivity contribution in [2.45, 2.75) is 32.6 Å². The zero-order chi connectivity index (χ0) is 19.1. The quantitative estimate of drug-likeness (QED) is 0.727. The van der Waals surface area contributed by atoms with Gasteiger partial charge in [0, 0.05) is 39.0 Å². The fourth-order valence-electron chi connectivity index (χ4n) is 3.28. The molecule has 0 atom stereocenters. The summed E-state index contributed by atoms with van der Waals surface area (Å²) in [6.07, 6.45) is 4.86. The topological polar surface area (TPSA) is 94.5 Å². The van der Waals surface area contributed by atoms with Gasteiger partial charge in [0.1, 0.15) is 5.69 Å². The van der Waals surface area contributed by atoms with E-state index >= 15 is 0 Å². The molecular weight excluding hydrogens is 346 g/mol. The van der Waals surface area contributed by atoms with E-state index < -0.39 is 0 Å². The molecule has 2 amide bonds. The molecule has 1 fully saturated rings. The third-order valence-electron chi connectivity index (χ3n) is 4.79. The number of carbonyl (C=O) groups excluding carboxylic acids is 2. The summed E-state index contributed by atoms with van der Waals surface area (Å²) >= 11 is 0. The Morgan fingerprint density at radius 3 is 2.93 bits per heavy atom. The molecule has 8 nitrogen and oxygen atoms in total. The van der Waals surface area contributed by atoms with E-state index in [1.807, 2.05) is 11.0 Å². The lowest BCUT2D eigenvalue weighted by atomic mass is 10.2. The molecule has 0 spiro atoms. The molecule has 3 heterocycles.